The summed E-state index contributed by atoms with van der Waals surface area (Å²) in [5.74, 6) is 1.01. The van der Waals surface area contributed by atoms with Crippen LogP contribution >= 0.6 is 0 Å². The molecule has 128 valence electrons. The van der Waals surface area contributed by atoms with Crippen LogP contribution in [0.15, 0.2) is 18.2 Å². The highest BCUT2D eigenvalue weighted by Gasteiger charge is 2.40. The quantitative estimate of drug-likeness (QED) is 0.872. The fourth-order valence-corrected chi connectivity index (χ4v) is 2.48. The van der Waals surface area contributed by atoms with Gasteiger partial charge in [-0.15, -0.1) is 0 Å². The van der Waals surface area contributed by atoms with Gasteiger partial charge in [0, 0.05) is 6.07 Å². The smallest absolute Gasteiger partial charge is 0.256 e. The number of hydrogen-bond acceptors (Lipinski definition) is 5. The summed E-state index contributed by atoms with van der Waals surface area (Å²) in [7, 11) is 0. The number of carbonyl (C=O) groups excluding carboxylic acids is 1. The number of nitrogens with one attached hydrogen (secondary N) is 1. The van der Waals surface area contributed by atoms with Crippen LogP contribution in [0, 0.1) is 0 Å². The lowest BCUT2D eigenvalue weighted by Crippen LogP contribution is -2.52. The fourth-order valence-electron chi connectivity index (χ4n) is 2.48. The van der Waals surface area contributed by atoms with Crippen molar-refractivity contribution in [3.05, 3.63) is 18.2 Å². The largest absolute Gasteiger partial charge is 0.494 e. The molecule has 23 heavy (non-hydrogen) atoms. The second-order valence-electron chi connectivity index (χ2n) is 5.72. The monoisotopic (exact) mass is 323 g/mol. The van der Waals surface area contributed by atoms with Gasteiger partial charge in [-0.3, -0.25) is 4.79 Å². The molecule has 2 rings (SSSR count). The predicted molar refractivity (Wildman–Crippen MR) is 87.2 cm³/mol. The summed E-state index contributed by atoms with van der Waals surface area (Å²) in [6.07, 6.45) is -0.679. The van der Waals surface area contributed by atoms with E-state index in [1.165, 1.54) is 0 Å². The van der Waals surface area contributed by atoms with E-state index in [1.807, 2.05) is 33.8 Å². The van der Waals surface area contributed by atoms with Crippen LogP contribution in [0.1, 0.15) is 27.7 Å². The third-order valence-electron chi connectivity index (χ3n) is 3.53. The van der Waals surface area contributed by atoms with E-state index in [-0.39, 0.29) is 5.91 Å². The molecule has 1 N–H and O–H groups in total. The average Bonchev–Trinajstić information content (AvgIpc) is 2.49. The minimum atomic E-state index is -0.679. The molecule has 1 amide bonds. The van der Waals surface area contributed by atoms with Crippen molar-refractivity contribution in [3.63, 3.8) is 0 Å². The van der Waals surface area contributed by atoms with Gasteiger partial charge in [0.1, 0.15) is 11.5 Å². The van der Waals surface area contributed by atoms with Gasteiger partial charge in [-0.2, -0.15) is 0 Å². The molecule has 0 aliphatic carbocycles. The lowest BCUT2D eigenvalue weighted by molar-refractivity contribution is -0.189. The van der Waals surface area contributed by atoms with Crippen molar-refractivity contribution in [1.82, 2.24) is 0 Å². The first-order valence-electron chi connectivity index (χ1n) is 7.94. The summed E-state index contributed by atoms with van der Waals surface area (Å²) in [6, 6.07) is 5.35. The molecule has 6 nitrogen and oxygen atoms in total. The molecule has 1 unspecified atom stereocenters. The third kappa shape index (κ3) is 4.36. The van der Waals surface area contributed by atoms with Crippen molar-refractivity contribution in [3.8, 4) is 11.5 Å². The molecular formula is C17H25NO5. The van der Waals surface area contributed by atoms with Crippen molar-refractivity contribution < 1.29 is 23.7 Å². The summed E-state index contributed by atoms with van der Waals surface area (Å²) >= 11 is 0. The van der Waals surface area contributed by atoms with Gasteiger partial charge >= 0.3 is 0 Å². The molecule has 1 saturated heterocycles. The van der Waals surface area contributed by atoms with Crippen LogP contribution in [0.4, 0.5) is 5.69 Å². The number of rotatable bonds is 6. The van der Waals surface area contributed by atoms with Crippen molar-refractivity contribution in [1.29, 1.82) is 0 Å². The Kier molecular flexibility index (Phi) is 5.85. The lowest BCUT2D eigenvalue weighted by Gasteiger charge is -2.37. The molecule has 6 heteroatoms. The maximum absolute atomic E-state index is 12.6. The zero-order valence-electron chi connectivity index (χ0n) is 14.2. The number of carbonyl (C=O) groups is 1. The van der Waals surface area contributed by atoms with Crippen LogP contribution in [0.2, 0.25) is 0 Å². The highest BCUT2D eigenvalue weighted by molar-refractivity contribution is 5.96. The van der Waals surface area contributed by atoms with Gasteiger partial charge in [-0.1, -0.05) is 0 Å². The van der Waals surface area contributed by atoms with Crippen molar-refractivity contribution in [2.75, 3.05) is 31.7 Å². The molecule has 0 spiro atoms. The highest BCUT2D eigenvalue weighted by atomic mass is 16.6. The molecule has 1 aliphatic heterocycles. The second-order valence-corrected chi connectivity index (χ2v) is 5.72. The van der Waals surface area contributed by atoms with E-state index in [4.69, 9.17) is 18.9 Å². The zero-order valence-corrected chi connectivity index (χ0v) is 14.2. The van der Waals surface area contributed by atoms with Gasteiger partial charge in [0.15, 0.2) is 6.10 Å². The number of benzene rings is 1. The normalized spacial score (nSPS) is 19.9. The first kappa shape index (κ1) is 17.6. The number of anilines is 1. The van der Waals surface area contributed by atoms with E-state index in [1.54, 1.807) is 12.1 Å². The van der Waals surface area contributed by atoms with Crippen LogP contribution in [0.5, 0.6) is 11.5 Å². The molecule has 1 atom stereocenters. The van der Waals surface area contributed by atoms with Crippen molar-refractivity contribution in [2.45, 2.75) is 39.4 Å². The predicted octanol–water partition coefficient (Wildman–Crippen LogP) is 2.62. The Morgan fingerprint density at radius 1 is 1.26 bits per heavy atom. The zero-order chi connectivity index (χ0) is 16.9. The van der Waals surface area contributed by atoms with Crippen LogP contribution in [-0.4, -0.2) is 44.0 Å². The maximum atomic E-state index is 12.6. The van der Waals surface area contributed by atoms with Crippen molar-refractivity contribution in [2.24, 2.45) is 0 Å². The highest BCUT2D eigenvalue weighted by Crippen LogP contribution is 2.31. The van der Waals surface area contributed by atoms with E-state index in [9.17, 15) is 4.79 Å². The van der Waals surface area contributed by atoms with Gasteiger partial charge in [0.2, 0.25) is 0 Å². The molecular weight excluding hydrogens is 298 g/mol. The summed E-state index contributed by atoms with van der Waals surface area (Å²) in [4.78, 5) is 12.6. The minimum Gasteiger partial charge on any atom is -0.494 e. The number of ether oxygens (including phenoxy) is 4. The van der Waals surface area contributed by atoms with Gasteiger partial charge < -0.3 is 24.3 Å². The Balaban J connectivity index is 2.19. The third-order valence-corrected chi connectivity index (χ3v) is 3.53. The van der Waals surface area contributed by atoms with E-state index in [2.05, 4.69) is 5.32 Å². The molecule has 1 aromatic rings. The molecule has 1 heterocycles. The topological polar surface area (TPSA) is 66.0 Å². The molecule has 0 radical (unpaired) electrons. The summed E-state index contributed by atoms with van der Waals surface area (Å²) < 4.78 is 22.3. The molecule has 0 bridgehead atoms. The summed E-state index contributed by atoms with van der Waals surface area (Å²) in [5, 5.41) is 2.87. The van der Waals surface area contributed by atoms with Crippen LogP contribution in [-0.2, 0) is 14.3 Å². The minimum absolute atomic E-state index is 0.260. The Morgan fingerprint density at radius 3 is 2.65 bits per heavy atom. The first-order valence-corrected chi connectivity index (χ1v) is 7.94. The Hall–Kier alpha value is -1.79. The van der Waals surface area contributed by atoms with Gasteiger partial charge in [-0.25, -0.2) is 0 Å². The second kappa shape index (κ2) is 7.66. The lowest BCUT2D eigenvalue weighted by atomic mass is 9.99. The molecule has 0 saturated carbocycles. The summed E-state index contributed by atoms with van der Waals surface area (Å²) in [6.45, 7) is 9.43. The number of amides is 1. The van der Waals surface area contributed by atoms with E-state index >= 15 is 0 Å². The summed E-state index contributed by atoms with van der Waals surface area (Å²) in [5.41, 5.74) is -0.112. The number of hydrogen-bond donors (Lipinski definition) is 1. The Morgan fingerprint density at radius 2 is 2.00 bits per heavy atom. The van der Waals surface area contributed by atoms with E-state index < -0.39 is 11.7 Å². The SMILES string of the molecule is CCOc1ccc(OCC)c(NC(=O)C2OCCOC2(C)C)c1. The molecule has 1 aromatic carbocycles. The van der Waals surface area contributed by atoms with Crippen molar-refractivity contribution >= 4 is 11.6 Å². The standard InChI is InChI=1S/C17H25NO5/c1-5-20-12-7-8-14(21-6-2)13(11-12)18-16(19)15-17(3,4)23-10-9-22-15/h7-8,11,15H,5-6,9-10H2,1-4H3,(H,18,19). The maximum Gasteiger partial charge on any atom is 0.256 e. The molecule has 0 aromatic heterocycles. The van der Waals surface area contributed by atoms with Gasteiger partial charge in [-0.05, 0) is 39.8 Å². The van der Waals surface area contributed by atoms with E-state index in [0.29, 0.717) is 43.6 Å². The average molecular weight is 323 g/mol. The van der Waals surface area contributed by atoms with Crippen LogP contribution < -0.4 is 14.8 Å². The van der Waals surface area contributed by atoms with Crippen LogP contribution in [0.3, 0.4) is 0 Å². The Labute approximate surface area is 137 Å². The van der Waals surface area contributed by atoms with Crippen LogP contribution in [0.25, 0.3) is 0 Å². The van der Waals surface area contributed by atoms with E-state index in [0.717, 1.165) is 0 Å². The first-order chi connectivity index (χ1) is 11.0. The van der Waals surface area contributed by atoms with Gasteiger partial charge in [0.05, 0.1) is 37.7 Å². The molecule has 1 aliphatic rings. The Bertz CT molecular complexity index is 544. The van der Waals surface area contributed by atoms with Gasteiger partial charge in [0.25, 0.3) is 5.91 Å². The molecule has 1 fully saturated rings. The fraction of sp³-hybridized carbons (Fsp3) is 0.588.